The molecule has 1 saturated carbocycles. The van der Waals surface area contributed by atoms with E-state index in [1.54, 1.807) is 49.4 Å². The Bertz CT molecular complexity index is 2040. The molecule has 5 rings (SSSR count). The molecule has 0 spiro atoms. The number of hydrogen-bond donors (Lipinski definition) is 2. The Morgan fingerprint density at radius 2 is 1.36 bits per heavy atom. The number of amides is 2. The summed E-state index contributed by atoms with van der Waals surface area (Å²) in [5, 5.41) is 27.8. The van der Waals surface area contributed by atoms with Crippen molar-refractivity contribution in [1.82, 2.24) is 4.31 Å². The van der Waals surface area contributed by atoms with E-state index >= 15 is 0 Å². The van der Waals surface area contributed by atoms with Crippen molar-refractivity contribution in [2.75, 3.05) is 17.2 Å². The molecule has 11 nitrogen and oxygen atoms in total. The number of aliphatic carboxylic acids is 1. The van der Waals surface area contributed by atoms with Crippen molar-refractivity contribution < 1.29 is 141 Å². The zero-order valence-electron chi connectivity index (χ0n) is 29.8. The Hall–Kier alpha value is -1.58. The van der Waals surface area contributed by atoms with Crippen molar-refractivity contribution in [2.24, 2.45) is 5.92 Å². The number of rotatable bonds is 13. The number of aromatic carboxylic acids is 1. The van der Waals surface area contributed by atoms with E-state index in [1.165, 1.54) is 40.7 Å². The Kier molecular flexibility index (Phi) is 18.2. The minimum atomic E-state index is -4.01. The smallest absolute Gasteiger partial charge is 0.550 e. The van der Waals surface area contributed by atoms with Crippen molar-refractivity contribution in [1.29, 1.82) is 0 Å². The average Bonchev–Trinajstić information content (AvgIpc) is 3.12. The summed E-state index contributed by atoms with van der Waals surface area (Å²) in [6.07, 6.45) is 2.86. The fraction of sp³-hybridized carbons (Fsp3) is 0.263. The average molecular weight is 853 g/mol. The predicted molar refractivity (Wildman–Crippen MR) is 191 cm³/mol. The molecule has 0 aliphatic heterocycles. The molecule has 1 aliphatic carbocycles. The molecule has 0 unspecified atom stereocenters. The third-order valence-corrected chi connectivity index (χ3v) is 11.5. The summed E-state index contributed by atoms with van der Waals surface area (Å²) in [5.74, 6) is -4.01. The van der Waals surface area contributed by atoms with E-state index in [1.807, 2.05) is 12.1 Å². The first-order valence-electron chi connectivity index (χ1n) is 16.5. The first kappa shape index (κ1) is 45.8. The molecule has 0 saturated heterocycles. The normalized spacial score (nSPS) is 15.4. The van der Waals surface area contributed by atoms with Crippen LogP contribution < -0.4 is 124 Å². The van der Waals surface area contributed by atoms with E-state index in [2.05, 4.69) is 26.6 Å². The van der Waals surface area contributed by atoms with Crippen molar-refractivity contribution in [3.8, 4) is 0 Å². The summed E-state index contributed by atoms with van der Waals surface area (Å²) in [7, 11) is -4.01. The molecule has 1 aliphatic rings. The van der Waals surface area contributed by atoms with Crippen LogP contribution in [0.15, 0.2) is 100 Å². The zero-order chi connectivity index (χ0) is 36.7. The van der Waals surface area contributed by atoms with Crippen LogP contribution in [0.3, 0.4) is 0 Å². The molecule has 1 fully saturated rings. The number of carboxylic acids is 2. The van der Waals surface area contributed by atoms with Gasteiger partial charge in [0.2, 0.25) is 10.0 Å². The molecule has 53 heavy (non-hydrogen) atoms. The van der Waals surface area contributed by atoms with Gasteiger partial charge in [0, 0.05) is 34.3 Å². The SMILES string of the molecule is CCN(C1CCC(C(=O)[O-])CC1)S(=O)(=O)c1cccc(C(=O)Nc2ccc(Br)cc2C(=O)Nc2ccc(CCc3ccc(C(=O)[O-])cc3)cc2)c1.[K+].[K+]. The maximum Gasteiger partial charge on any atom is 1.00 e. The number of nitrogens with one attached hydrogen (secondary N) is 2. The molecule has 0 radical (unpaired) electrons. The maximum absolute atomic E-state index is 13.7. The van der Waals surface area contributed by atoms with E-state index in [4.69, 9.17) is 0 Å². The second kappa shape index (κ2) is 21.1. The quantitative estimate of drug-likeness (QED) is 0.152. The van der Waals surface area contributed by atoms with Crippen molar-refractivity contribution in [3.63, 3.8) is 0 Å². The predicted octanol–water partition coefficient (Wildman–Crippen LogP) is -1.57. The van der Waals surface area contributed by atoms with Gasteiger partial charge in [-0.3, -0.25) is 9.59 Å². The van der Waals surface area contributed by atoms with E-state index in [-0.39, 0.29) is 143 Å². The number of aryl methyl sites for hydroxylation is 2. The van der Waals surface area contributed by atoms with Gasteiger partial charge in [0.25, 0.3) is 11.8 Å². The second-order valence-corrected chi connectivity index (χ2v) is 15.1. The number of benzene rings is 4. The van der Waals surface area contributed by atoms with Gasteiger partial charge in [-0.2, -0.15) is 4.31 Å². The number of anilines is 2. The van der Waals surface area contributed by atoms with Gasteiger partial charge in [-0.05, 0) is 110 Å². The first-order valence-corrected chi connectivity index (χ1v) is 18.7. The number of carboxylic acid groups (broad SMARTS) is 2. The molecule has 266 valence electrons. The van der Waals surface area contributed by atoms with Crippen molar-refractivity contribution in [2.45, 2.75) is 56.4 Å². The number of carbonyl (C=O) groups is 4. The van der Waals surface area contributed by atoms with Crippen LogP contribution in [0.1, 0.15) is 74.8 Å². The minimum Gasteiger partial charge on any atom is -0.550 e. The van der Waals surface area contributed by atoms with E-state index < -0.39 is 39.7 Å². The molecule has 0 bridgehead atoms. The van der Waals surface area contributed by atoms with Crippen LogP contribution in [-0.2, 0) is 27.7 Å². The van der Waals surface area contributed by atoms with Crippen LogP contribution in [0, 0.1) is 5.92 Å². The van der Waals surface area contributed by atoms with Gasteiger partial charge in [-0.1, -0.05) is 65.3 Å². The Balaban J connectivity index is 0.00000378. The molecular weight excluding hydrogens is 817 g/mol. The Morgan fingerprint density at radius 1 is 0.755 bits per heavy atom. The Labute approximate surface area is 402 Å². The molecule has 0 aromatic heterocycles. The van der Waals surface area contributed by atoms with Gasteiger partial charge in [-0.15, -0.1) is 0 Å². The van der Waals surface area contributed by atoms with Gasteiger partial charge < -0.3 is 30.4 Å². The molecule has 2 N–H and O–H groups in total. The van der Waals surface area contributed by atoms with Crippen LogP contribution in [-0.4, -0.2) is 49.1 Å². The number of sulfonamides is 1. The van der Waals surface area contributed by atoms with E-state index in [0.717, 1.165) is 11.1 Å². The minimum absolute atomic E-state index is 0. The summed E-state index contributed by atoms with van der Waals surface area (Å²) < 4.78 is 29.4. The van der Waals surface area contributed by atoms with Crippen molar-refractivity contribution >= 4 is 61.1 Å². The largest absolute Gasteiger partial charge is 1.00 e. The zero-order valence-corrected chi connectivity index (χ0v) is 38.4. The monoisotopic (exact) mass is 851 g/mol. The number of hydrogen-bond acceptors (Lipinski definition) is 8. The number of carbonyl (C=O) groups excluding carboxylic acids is 4. The Morgan fingerprint density at radius 3 is 1.92 bits per heavy atom. The summed E-state index contributed by atoms with van der Waals surface area (Å²) in [6.45, 7) is 1.90. The van der Waals surface area contributed by atoms with Gasteiger partial charge in [0.1, 0.15) is 0 Å². The molecule has 4 aromatic carbocycles. The van der Waals surface area contributed by atoms with Gasteiger partial charge in [-0.25, -0.2) is 8.42 Å². The summed E-state index contributed by atoms with van der Waals surface area (Å²) >= 11 is 3.38. The van der Waals surface area contributed by atoms with E-state index in [0.29, 0.717) is 48.7 Å². The third-order valence-electron chi connectivity index (χ3n) is 9.03. The van der Waals surface area contributed by atoms with Crippen LogP contribution in [0.5, 0.6) is 0 Å². The molecular formula is C38H36BrK2N3O8S. The fourth-order valence-electron chi connectivity index (χ4n) is 6.21. The molecule has 0 heterocycles. The summed E-state index contributed by atoms with van der Waals surface area (Å²) in [6, 6.07) is 24.0. The second-order valence-electron chi connectivity index (χ2n) is 12.3. The van der Waals surface area contributed by atoms with Gasteiger partial charge in [0.05, 0.1) is 22.1 Å². The van der Waals surface area contributed by atoms with E-state index in [9.17, 15) is 37.8 Å². The van der Waals surface area contributed by atoms with Crippen LogP contribution >= 0.6 is 15.9 Å². The molecule has 15 heteroatoms. The van der Waals surface area contributed by atoms with Gasteiger partial charge >= 0.3 is 103 Å². The maximum atomic E-state index is 13.7. The first-order chi connectivity index (χ1) is 24.3. The number of halogens is 1. The van der Waals surface area contributed by atoms with Crippen LogP contribution in [0.25, 0.3) is 0 Å². The van der Waals surface area contributed by atoms with Gasteiger partial charge in [0.15, 0.2) is 0 Å². The molecule has 0 atom stereocenters. The summed E-state index contributed by atoms with van der Waals surface area (Å²) in [4.78, 5) is 49.1. The fourth-order valence-corrected chi connectivity index (χ4v) is 8.32. The van der Waals surface area contributed by atoms with Crippen LogP contribution in [0.4, 0.5) is 11.4 Å². The number of nitrogens with zero attached hydrogens (tertiary/aromatic N) is 1. The molecule has 2 amide bonds. The van der Waals surface area contributed by atoms with Crippen LogP contribution in [0.2, 0.25) is 0 Å². The third kappa shape index (κ3) is 12.2. The summed E-state index contributed by atoms with van der Waals surface area (Å²) in [5.41, 5.74) is 3.12. The standard InChI is InChI=1S/C38H38BrN3O8S.2K/c1-2-42(31-19-14-27(15-20-31)38(47)48)51(49,50)32-5-3-4-28(22-32)35(43)41-34-21-16-29(39)23-33(34)36(44)40-30-17-10-25(11-18-30)7-6-24-8-12-26(13-9-24)37(45)46;;/h3-5,8-13,16-18,21-23,27,31H,2,6-7,14-15,19-20H2,1H3,(H,40,44)(H,41,43)(H,45,46)(H,47,48);;/q;2*+1/p-2. The molecule has 4 aromatic rings. The van der Waals surface area contributed by atoms with Crippen molar-refractivity contribution in [3.05, 3.63) is 123 Å². The topological polar surface area (TPSA) is 176 Å².